The average Bonchev–Trinajstić information content (AvgIpc) is 2.52. The minimum atomic E-state index is -0.206. The lowest BCUT2D eigenvalue weighted by atomic mass is 10.1. The van der Waals surface area contributed by atoms with E-state index in [2.05, 4.69) is 15.6 Å². The third-order valence-electron chi connectivity index (χ3n) is 3.14. The lowest BCUT2D eigenvalue weighted by molar-refractivity contribution is 0.236. The first kappa shape index (κ1) is 15.3. The zero-order valence-electron chi connectivity index (χ0n) is 11.8. The molecule has 2 aromatic rings. The van der Waals surface area contributed by atoms with Gasteiger partial charge in [-0.1, -0.05) is 36.7 Å². The molecule has 0 spiro atoms. The van der Waals surface area contributed by atoms with Crippen LogP contribution in [-0.4, -0.2) is 11.0 Å². The van der Waals surface area contributed by atoms with E-state index in [0.29, 0.717) is 11.6 Å². The Morgan fingerprint density at radius 1 is 1.24 bits per heavy atom. The summed E-state index contributed by atoms with van der Waals surface area (Å²) in [5, 5.41) is 6.45. The number of halogens is 1. The van der Waals surface area contributed by atoms with Gasteiger partial charge in [-0.15, -0.1) is 0 Å². The quantitative estimate of drug-likeness (QED) is 0.885. The number of amides is 2. The smallest absolute Gasteiger partial charge is 0.315 e. The standard InChI is InChI=1S/C16H18ClN3O/c1-2-15(12-6-8-13(17)9-7-12)20-16(21)19-11-14-5-3-4-10-18-14/h3-10,15H,2,11H2,1H3,(H2,19,20,21). The normalized spacial score (nSPS) is 11.7. The number of carbonyl (C=O) groups is 1. The van der Waals surface area contributed by atoms with Crippen molar-refractivity contribution in [2.24, 2.45) is 0 Å². The topological polar surface area (TPSA) is 54.0 Å². The molecule has 21 heavy (non-hydrogen) atoms. The van der Waals surface area contributed by atoms with E-state index in [1.54, 1.807) is 6.20 Å². The third kappa shape index (κ3) is 4.76. The van der Waals surface area contributed by atoms with Crippen LogP contribution in [0.2, 0.25) is 5.02 Å². The summed E-state index contributed by atoms with van der Waals surface area (Å²) in [5.74, 6) is 0. The molecule has 0 saturated carbocycles. The summed E-state index contributed by atoms with van der Waals surface area (Å²) < 4.78 is 0. The summed E-state index contributed by atoms with van der Waals surface area (Å²) in [6.07, 6.45) is 2.51. The third-order valence-corrected chi connectivity index (χ3v) is 3.39. The molecule has 0 aliphatic rings. The largest absolute Gasteiger partial charge is 0.332 e. The van der Waals surface area contributed by atoms with Crippen molar-refractivity contribution < 1.29 is 4.79 Å². The van der Waals surface area contributed by atoms with Crippen LogP contribution in [0.5, 0.6) is 0 Å². The van der Waals surface area contributed by atoms with Crippen molar-refractivity contribution >= 4 is 17.6 Å². The van der Waals surface area contributed by atoms with Gasteiger partial charge >= 0.3 is 6.03 Å². The first-order chi connectivity index (χ1) is 10.2. The Morgan fingerprint density at radius 2 is 2.00 bits per heavy atom. The van der Waals surface area contributed by atoms with Gasteiger partial charge in [-0.3, -0.25) is 4.98 Å². The number of aromatic nitrogens is 1. The fourth-order valence-electron chi connectivity index (χ4n) is 2.00. The number of rotatable bonds is 5. The molecule has 5 heteroatoms. The molecule has 1 atom stereocenters. The highest BCUT2D eigenvalue weighted by Crippen LogP contribution is 2.18. The Kier molecular flexibility index (Phi) is 5.58. The van der Waals surface area contributed by atoms with Gasteiger partial charge in [-0.25, -0.2) is 4.79 Å². The maximum atomic E-state index is 11.9. The fraction of sp³-hybridized carbons (Fsp3) is 0.250. The zero-order valence-corrected chi connectivity index (χ0v) is 12.6. The molecule has 0 saturated heterocycles. The minimum Gasteiger partial charge on any atom is -0.332 e. The zero-order chi connectivity index (χ0) is 15.1. The molecule has 1 unspecified atom stereocenters. The van der Waals surface area contributed by atoms with E-state index in [1.807, 2.05) is 49.4 Å². The van der Waals surface area contributed by atoms with E-state index in [0.717, 1.165) is 17.7 Å². The van der Waals surface area contributed by atoms with Gasteiger partial charge in [0.2, 0.25) is 0 Å². The first-order valence-electron chi connectivity index (χ1n) is 6.88. The average molecular weight is 304 g/mol. The molecule has 0 bridgehead atoms. The van der Waals surface area contributed by atoms with Crippen LogP contribution < -0.4 is 10.6 Å². The van der Waals surface area contributed by atoms with Gasteiger partial charge in [0.15, 0.2) is 0 Å². The molecule has 0 radical (unpaired) electrons. The molecular weight excluding hydrogens is 286 g/mol. The molecule has 0 aliphatic heterocycles. The fourth-order valence-corrected chi connectivity index (χ4v) is 2.12. The molecule has 1 heterocycles. The van der Waals surface area contributed by atoms with Crippen LogP contribution in [0.25, 0.3) is 0 Å². The van der Waals surface area contributed by atoms with Crippen molar-refractivity contribution in [3.8, 4) is 0 Å². The Hall–Kier alpha value is -2.07. The molecule has 1 aromatic heterocycles. The molecule has 4 nitrogen and oxygen atoms in total. The number of pyridine rings is 1. The van der Waals surface area contributed by atoms with Crippen LogP contribution in [0.3, 0.4) is 0 Å². The van der Waals surface area contributed by atoms with Crippen LogP contribution in [-0.2, 0) is 6.54 Å². The van der Waals surface area contributed by atoms with E-state index in [1.165, 1.54) is 0 Å². The molecule has 2 N–H and O–H groups in total. The van der Waals surface area contributed by atoms with Gasteiger partial charge in [-0.05, 0) is 36.2 Å². The van der Waals surface area contributed by atoms with E-state index in [9.17, 15) is 4.79 Å². The van der Waals surface area contributed by atoms with Gasteiger partial charge in [0, 0.05) is 11.2 Å². The highest BCUT2D eigenvalue weighted by molar-refractivity contribution is 6.30. The van der Waals surface area contributed by atoms with Gasteiger partial charge < -0.3 is 10.6 Å². The van der Waals surface area contributed by atoms with Crippen molar-refractivity contribution in [2.75, 3.05) is 0 Å². The molecule has 0 aliphatic carbocycles. The van der Waals surface area contributed by atoms with Crippen LogP contribution in [0.4, 0.5) is 4.79 Å². The first-order valence-corrected chi connectivity index (χ1v) is 7.26. The van der Waals surface area contributed by atoms with Crippen LogP contribution in [0.15, 0.2) is 48.7 Å². The van der Waals surface area contributed by atoms with E-state index in [4.69, 9.17) is 11.6 Å². The number of urea groups is 1. The molecule has 110 valence electrons. The number of carbonyl (C=O) groups excluding carboxylic acids is 1. The SMILES string of the molecule is CCC(NC(=O)NCc1ccccn1)c1ccc(Cl)cc1. The molecule has 2 rings (SSSR count). The maximum absolute atomic E-state index is 11.9. The van der Waals surface area contributed by atoms with E-state index in [-0.39, 0.29) is 12.1 Å². The van der Waals surface area contributed by atoms with Crippen LogP contribution in [0, 0.1) is 0 Å². The lowest BCUT2D eigenvalue weighted by Gasteiger charge is -2.18. The summed E-state index contributed by atoms with van der Waals surface area (Å²) in [4.78, 5) is 16.1. The number of nitrogens with zero attached hydrogens (tertiary/aromatic N) is 1. The summed E-state index contributed by atoms with van der Waals surface area (Å²) in [6.45, 7) is 2.43. The predicted molar refractivity (Wildman–Crippen MR) is 84.1 cm³/mol. The predicted octanol–water partition coefficient (Wildman–Crippen LogP) is 3.69. The van der Waals surface area contributed by atoms with Crippen LogP contribution in [0.1, 0.15) is 30.6 Å². The summed E-state index contributed by atoms with van der Waals surface area (Å²) >= 11 is 5.88. The van der Waals surface area contributed by atoms with Crippen molar-refractivity contribution in [1.82, 2.24) is 15.6 Å². The van der Waals surface area contributed by atoms with Gasteiger partial charge in [0.1, 0.15) is 0 Å². The number of benzene rings is 1. The second kappa shape index (κ2) is 7.64. The monoisotopic (exact) mass is 303 g/mol. The van der Waals surface area contributed by atoms with Crippen molar-refractivity contribution in [3.63, 3.8) is 0 Å². The van der Waals surface area contributed by atoms with Crippen molar-refractivity contribution in [2.45, 2.75) is 25.9 Å². The maximum Gasteiger partial charge on any atom is 0.315 e. The Labute approximate surface area is 129 Å². The number of hydrogen-bond donors (Lipinski definition) is 2. The minimum absolute atomic E-state index is 0.0361. The van der Waals surface area contributed by atoms with E-state index >= 15 is 0 Å². The summed E-state index contributed by atoms with van der Waals surface area (Å²) in [5.41, 5.74) is 1.86. The molecule has 0 fully saturated rings. The van der Waals surface area contributed by atoms with Gasteiger partial charge in [0.05, 0.1) is 18.3 Å². The second-order valence-corrected chi connectivity index (χ2v) is 5.10. The highest BCUT2D eigenvalue weighted by Gasteiger charge is 2.12. The Morgan fingerprint density at radius 3 is 2.62 bits per heavy atom. The highest BCUT2D eigenvalue weighted by atomic mass is 35.5. The van der Waals surface area contributed by atoms with Gasteiger partial charge in [0.25, 0.3) is 0 Å². The van der Waals surface area contributed by atoms with Crippen molar-refractivity contribution in [1.29, 1.82) is 0 Å². The Balaban J connectivity index is 1.89. The number of hydrogen-bond acceptors (Lipinski definition) is 2. The second-order valence-electron chi connectivity index (χ2n) is 4.66. The molecule has 1 aromatic carbocycles. The summed E-state index contributed by atoms with van der Waals surface area (Å²) in [6, 6.07) is 12.9. The van der Waals surface area contributed by atoms with Gasteiger partial charge in [-0.2, -0.15) is 0 Å². The number of nitrogens with one attached hydrogen (secondary N) is 2. The lowest BCUT2D eigenvalue weighted by Crippen LogP contribution is -2.37. The van der Waals surface area contributed by atoms with E-state index < -0.39 is 0 Å². The van der Waals surface area contributed by atoms with Crippen molar-refractivity contribution in [3.05, 3.63) is 64.9 Å². The Bertz CT molecular complexity index is 572. The van der Waals surface area contributed by atoms with Crippen LogP contribution >= 0.6 is 11.6 Å². The summed E-state index contributed by atoms with van der Waals surface area (Å²) in [7, 11) is 0. The molecular formula is C16H18ClN3O. The molecule has 2 amide bonds.